The van der Waals surface area contributed by atoms with Crippen LogP contribution in [-0.4, -0.2) is 37.3 Å². The number of hydrogen-bond donors (Lipinski definition) is 1. The number of halogens is 1. The Labute approximate surface area is 143 Å². The summed E-state index contributed by atoms with van der Waals surface area (Å²) >= 11 is 0. The number of rotatable bonds is 8. The lowest BCUT2D eigenvalue weighted by atomic mass is 10.0. The summed E-state index contributed by atoms with van der Waals surface area (Å²) in [7, 11) is -1.94. The molecule has 1 atom stereocenters. The van der Waals surface area contributed by atoms with Gasteiger partial charge in [0.05, 0.1) is 10.7 Å². The minimum atomic E-state index is -3.46. The van der Waals surface area contributed by atoms with Crippen molar-refractivity contribution in [2.24, 2.45) is 11.7 Å². The van der Waals surface area contributed by atoms with E-state index in [9.17, 15) is 18.5 Å². The number of sulfonamides is 1. The van der Waals surface area contributed by atoms with Gasteiger partial charge in [-0.2, -0.15) is 0 Å². The van der Waals surface area contributed by atoms with Crippen LogP contribution in [0.2, 0.25) is 0 Å². The molecule has 0 fully saturated rings. The van der Waals surface area contributed by atoms with Crippen LogP contribution in [0.1, 0.15) is 25.8 Å². The third-order valence-corrected chi connectivity index (χ3v) is 5.44. The molecule has 0 radical (unpaired) electrons. The molecular weight excluding hydrogens is 342 g/mol. The third-order valence-electron chi connectivity index (χ3n) is 3.60. The fourth-order valence-electron chi connectivity index (χ4n) is 1.84. The van der Waals surface area contributed by atoms with Gasteiger partial charge in [0.15, 0.2) is 0 Å². The first-order chi connectivity index (χ1) is 10.1. The monoisotopic (exact) mass is 365 g/mol. The molecular formula is C14H24ClN3O4S. The fourth-order valence-corrected chi connectivity index (χ4v) is 3.06. The van der Waals surface area contributed by atoms with E-state index in [1.165, 1.54) is 35.6 Å². The number of benzene rings is 1. The highest BCUT2D eigenvalue weighted by Gasteiger charge is 2.20. The van der Waals surface area contributed by atoms with Gasteiger partial charge in [0.1, 0.15) is 0 Å². The van der Waals surface area contributed by atoms with Crippen LogP contribution in [0.4, 0.5) is 5.69 Å². The molecule has 0 aliphatic heterocycles. The molecule has 1 aromatic rings. The van der Waals surface area contributed by atoms with E-state index in [2.05, 4.69) is 0 Å². The van der Waals surface area contributed by atoms with Crippen molar-refractivity contribution in [3.8, 4) is 0 Å². The van der Waals surface area contributed by atoms with Gasteiger partial charge in [-0.05, 0) is 17.9 Å². The number of nitrogens with zero attached hydrogens (tertiary/aromatic N) is 2. The van der Waals surface area contributed by atoms with E-state index in [0.717, 1.165) is 0 Å². The van der Waals surface area contributed by atoms with Crippen molar-refractivity contribution in [3.63, 3.8) is 0 Å². The van der Waals surface area contributed by atoms with Gasteiger partial charge in [-0.1, -0.05) is 26.0 Å². The number of nitro groups is 1. The highest BCUT2D eigenvalue weighted by molar-refractivity contribution is 7.88. The molecule has 0 aromatic heterocycles. The van der Waals surface area contributed by atoms with Gasteiger partial charge in [-0.15, -0.1) is 12.4 Å². The van der Waals surface area contributed by atoms with E-state index in [1.54, 1.807) is 0 Å². The molecule has 0 heterocycles. The van der Waals surface area contributed by atoms with Gasteiger partial charge < -0.3 is 5.73 Å². The molecule has 9 heteroatoms. The lowest BCUT2D eigenvalue weighted by Gasteiger charge is -2.21. The minimum absolute atomic E-state index is 0. The Morgan fingerprint density at radius 3 is 2.22 bits per heavy atom. The zero-order valence-corrected chi connectivity index (χ0v) is 15.1. The molecule has 0 saturated heterocycles. The molecule has 23 heavy (non-hydrogen) atoms. The van der Waals surface area contributed by atoms with Gasteiger partial charge >= 0.3 is 0 Å². The number of nitrogens with two attached hydrogens (primary N) is 1. The van der Waals surface area contributed by atoms with Crippen molar-refractivity contribution in [2.45, 2.75) is 32.1 Å². The molecule has 0 saturated carbocycles. The van der Waals surface area contributed by atoms with Crippen molar-refractivity contribution in [1.29, 1.82) is 0 Å². The molecule has 1 aromatic carbocycles. The van der Waals surface area contributed by atoms with Crippen LogP contribution in [0.15, 0.2) is 24.3 Å². The van der Waals surface area contributed by atoms with E-state index in [0.29, 0.717) is 24.4 Å². The van der Waals surface area contributed by atoms with Crippen molar-refractivity contribution in [2.75, 3.05) is 13.6 Å². The number of hydrogen-bond acceptors (Lipinski definition) is 5. The lowest BCUT2D eigenvalue weighted by molar-refractivity contribution is -0.384. The summed E-state index contributed by atoms with van der Waals surface area (Å²) in [6.07, 6.45) is 0.591. The second-order valence-electron chi connectivity index (χ2n) is 5.70. The zero-order valence-electron chi connectivity index (χ0n) is 13.5. The van der Waals surface area contributed by atoms with E-state index in [1.807, 2.05) is 13.8 Å². The maximum atomic E-state index is 12.3. The molecule has 0 spiro atoms. The standard InChI is InChI=1S/C14H23N3O4S.ClH/c1-11(2)14(15)8-9-16(3)22(20,21)10-12-4-6-13(7-5-12)17(18)19;/h4-7,11,14H,8-10,15H2,1-3H3;1H. The van der Waals surface area contributed by atoms with Crippen molar-refractivity contribution in [1.82, 2.24) is 4.31 Å². The van der Waals surface area contributed by atoms with E-state index >= 15 is 0 Å². The average Bonchev–Trinajstić information content (AvgIpc) is 2.44. The zero-order chi connectivity index (χ0) is 16.9. The Balaban J connectivity index is 0.00000484. The Bertz CT molecular complexity index is 605. The van der Waals surface area contributed by atoms with Gasteiger partial charge in [-0.25, -0.2) is 12.7 Å². The molecule has 0 aliphatic rings. The van der Waals surface area contributed by atoms with Crippen LogP contribution in [0.3, 0.4) is 0 Å². The Kier molecular flexibility index (Phi) is 8.68. The highest BCUT2D eigenvalue weighted by Crippen LogP contribution is 2.16. The summed E-state index contributed by atoms with van der Waals surface area (Å²) in [6, 6.07) is 5.49. The first-order valence-electron chi connectivity index (χ1n) is 7.06. The highest BCUT2D eigenvalue weighted by atomic mass is 35.5. The second-order valence-corrected chi connectivity index (χ2v) is 7.77. The van der Waals surface area contributed by atoms with Gasteiger partial charge in [0.2, 0.25) is 10.0 Å². The number of non-ortho nitro benzene ring substituents is 1. The Morgan fingerprint density at radius 1 is 1.26 bits per heavy atom. The van der Waals surface area contributed by atoms with E-state index in [4.69, 9.17) is 5.73 Å². The van der Waals surface area contributed by atoms with E-state index < -0.39 is 14.9 Å². The maximum absolute atomic E-state index is 12.3. The van der Waals surface area contributed by atoms with Crippen LogP contribution in [-0.2, 0) is 15.8 Å². The summed E-state index contributed by atoms with van der Waals surface area (Å²) in [5.74, 6) is 0.115. The molecule has 132 valence electrons. The van der Waals surface area contributed by atoms with E-state index in [-0.39, 0.29) is 29.9 Å². The molecule has 1 unspecified atom stereocenters. The molecule has 7 nitrogen and oxygen atoms in total. The molecule has 0 bridgehead atoms. The van der Waals surface area contributed by atoms with Crippen LogP contribution in [0.5, 0.6) is 0 Å². The summed E-state index contributed by atoms with van der Waals surface area (Å²) < 4.78 is 25.8. The summed E-state index contributed by atoms with van der Waals surface area (Å²) in [5.41, 5.74) is 6.38. The third kappa shape index (κ3) is 6.82. The van der Waals surface area contributed by atoms with Crippen molar-refractivity contribution in [3.05, 3.63) is 39.9 Å². The minimum Gasteiger partial charge on any atom is -0.327 e. The normalized spacial score (nSPS) is 13.0. The Hall–Kier alpha value is -1.22. The van der Waals surface area contributed by atoms with Crippen LogP contribution < -0.4 is 5.73 Å². The predicted octanol–water partition coefficient (Wildman–Crippen LogP) is 2.15. The topological polar surface area (TPSA) is 107 Å². The average molecular weight is 366 g/mol. The SMILES string of the molecule is CC(C)C(N)CCN(C)S(=O)(=O)Cc1ccc([N+](=O)[O-])cc1.Cl. The molecule has 2 N–H and O–H groups in total. The van der Waals surface area contributed by atoms with Gasteiger partial charge in [-0.3, -0.25) is 10.1 Å². The van der Waals surface area contributed by atoms with Gasteiger partial charge in [0.25, 0.3) is 5.69 Å². The van der Waals surface area contributed by atoms with Crippen LogP contribution >= 0.6 is 12.4 Å². The summed E-state index contributed by atoms with van der Waals surface area (Å²) in [4.78, 5) is 10.1. The summed E-state index contributed by atoms with van der Waals surface area (Å²) in [6.45, 7) is 4.35. The first kappa shape index (κ1) is 21.8. The lowest BCUT2D eigenvalue weighted by Crippen LogP contribution is -2.35. The number of nitro benzene ring substituents is 1. The van der Waals surface area contributed by atoms with Crippen molar-refractivity contribution >= 4 is 28.1 Å². The second kappa shape index (κ2) is 9.17. The largest absolute Gasteiger partial charge is 0.327 e. The quantitative estimate of drug-likeness (QED) is 0.561. The predicted molar refractivity (Wildman–Crippen MR) is 93.0 cm³/mol. The smallest absolute Gasteiger partial charge is 0.269 e. The fraction of sp³-hybridized carbons (Fsp3) is 0.571. The molecule has 0 amide bonds. The van der Waals surface area contributed by atoms with Crippen LogP contribution in [0, 0.1) is 16.0 Å². The maximum Gasteiger partial charge on any atom is 0.269 e. The van der Waals surface area contributed by atoms with Crippen molar-refractivity contribution < 1.29 is 13.3 Å². The first-order valence-corrected chi connectivity index (χ1v) is 8.67. The Morgan fingerprint density at radius 2 is 1.78 bits per heavy atom. The molecule has 1 rings (SSSR count). The summed E-state index contributed by atoms with van der Waals surface area (Å²) in [5, 5.41) is 10.6. The van der Waals surface area contributed by atoms with Gasteiger partial charge in [0, 0.05) is 31.8 Å². The molecule has 0 aliphatic carbocycles. The van der Waals surface area contributed by atoms with Crippen LogP contribution in [0.25, 0.3) is 0 Å².